The monoisotopic (exact) mass is 412 g/mol. The first-order valence-corrected chi connectivity index (χ1v) is 12.1. The van der Waals surface area contributed by atoms with E-state index in [-0.39, 0.29) is 28.4 Å². The zero-order valence-electron chi connectivity index (χ0n) is 18.3. The molecule has 0 radical (unpaired) electrons. The summed E-state index contributed by atoms with van der Waals surface area (Å²) >= 11 is 0. The van der Waals surface area contributed by atoms with E-state index in [1.54, 1.807) is 6.92 Å². The fraction of sp³-hybridized carbons (Fsp3) is 0.840. The van der Waals surface area contributed by atoms with Crippen molar-refractivity contribution in [3.05, 3.63) is 12.3 Å². The highest BCUT2D eigenvalue weighted by Gasteiger charge is 2.64. The van der Waals surface area contributed by atoms with Gasteiger partial charge in [-0.1, -0.05) is 6.58 Å². The molecule has 8 bridgehead atoms. The molecule has 8 rings (SSSR count). The number of nitrogens with two attached hydrogens (primary N) is 1. The lowest BCUT2D eigenvalue weighted by molar-refractivity contribution is -0.175. The standard InChI is InChI=1S/C25H36N2O3/c1-15(2)30-21(29)23-7-18-4-19(8-23)12-25(11-18,14-23)27-20(28)22-5-16-3-17(6-22)10-24(26,9-16)13-22/h16-19H,1,3-14,26H2,2H3,(H,27,28). The van der Waals surface area contributed by atoms with Gasteiger partial charge in [0.15, 0.2) is 0 Å². The minimum atomic E-state index is -0.438. The molecule has 8 fully saturated rings. The van der Waals surface area contributed by atoms with E-state index >= 15 is 0 Å². The minimum Gasteiger partial charge on any atom is -0.432 e. The van der Waals surface area contributed by atoms with Crippen LogP contribution in [-0.4, -0.2) is 23.0 Å². The second-order valence-corrected chi connectivity index (χ2v) is 12.7. The molecule has 0 aromatic heterocycles. The summed E-state index contributed by atoms with van der Waals surface area (Å²) < 4.78 is 5.54. The fourth-order valence-electron chi connectivity index (χ4n) is 9.89. The zero-order valence-corrected chi connectivity index (χ0v) is 18.3. The van der Waals surface area contributed by atoms with E-state index in [1.807, 2.05) is 0 Å². The van der Waals surface area contributed by atoms with Gasteiger partial charge in [0.1, 0.15) is 0 Å². The topological polar surface area (TPSA) is 81.4 Å². The van der Waals surface area contributed by atoms with Gasteiger partial charge in [-0.25, -0.2) is 0 Å². The van der Waals surface area contributed by atoms with Crippen molar-refractivity contribution in [1.29, 1.82) is 0 Å². The molecule has 164 valence electrons. The molecule has 8 saturated carbocycles. The molecular weight excluding hydrogens is 376 g/mol. The molecule has 1 amide bonds. The van der Waals surface area contributed by atoms with Crippen LogP contribution in [0.5, 0.6) is 0 Å². The van der Waals surface area contributed by atoms with Gasteiger partial charge in [-0.2, -0.15) is 0 Å². The van der Waals surface area contributed by atoms with Gasteiger partial charge >= 0.3 is 5.97 Å². The van der Waals surface area contributed by atoms with Crippen LogP contribution >= 0.6 is 0 Å². The Hall–Kier alpha value is -1.36. The molecule has 0 saturated heterocycles. The predicted molar refractivity (Wildman–Crippen MR) is 113 cm³/mol. The van der Waals surface area contributed by atoms with Crippen LogP contribution in [0.25, 0.3) is 0 Å². The normalized spacial score (nSPS) is 52.3. The Morgan fingerprint density at radius 2 is 1.40 bits per heavy atom. The van der Waals surface area contributed by atoms with Crippen molar-refractivity contribution in [2.45, 2.75) is 95.1 Å². The Balaban J connectivity index is 1.27. The third-order valence-corrected chi connectivity index (χ3v) is 9.73. The van der Waals surface area contributed by atoms with Crippen molar-refractivity contribution in [1.82, 2.24) is 5.32 Å². The number of amides is 1. The molecule has 30 heavy (non-hydrogen) atoms. The summed E-state index contributed by atoms with van der Waals surface area (Å²) in [6, 6.07) is 0. The maximum atomic E-state index is 13.9. The van der Waals surface area contributed by atoms with Crippen LogP contribution in [0.15, 0.2) is 12.3 Å². The maximum absolute atomic E-state index is 13.9. The van der Waals surface area contributed by atoms with Crippen LogP contribution in [0.3, 0.4) is 0 Å². The van der Waals surface area contributed by atoms with Crippen molar-refractivity contribution < 1.29 is 14.3 Å². The first-order valence-electron chi connectivity index (χ1n) is 12.1. The molecule has 3 N–H and O–H groups in total. The molecular formula is C25H36N2O3. The Bertz CT molecular complexity index is 804. The number of nitrogens with one attached hydrogen (secondary N) is 1. The van der Waals surface area contributed by atoms with Crippen LogP contribution in [0, 0.1) is 34.5 Å². The lowest BCUT2D eigenvalue weighted by Crippen LogP contribution is -2.69. The first kappa shape index (κ1) is 19.3. The van der Waals surface area contributed by atoms with E-state index in [9.17, 15) is 9.59 Å². The number of esters is 1. The molecule has 0 aliphatic heterocycles. The summed E-state index contributed by atoms with van der Waals surface area (Å²) in [4.78, 5) is 27.0. The molecule has 5 nitrogen and oxygen atoms in total. The number of hydrogen-bond acceptors (Lipinski definition) is 4. The molecule has 0 heterocycles. The number of rotatable bonds is 4. The van der Waals surface area contributed by atoms with Crippen molar-refractivity contribution in [3.8, 4) is 0 Å². The maximum Gasteiger partial charge on any atom is 0.317 e. The second kappa shape index (κ2) is 5.90. The van der Waals surface area contributed by atoms with Gasteiger partial charge < -0.3 is 15.8 Å². The number of allylic oxidation sites excluding steroid dienone is 1. The molecule has 4 atom stereocenters. The van der Waals surface area contributed by atoms with Crippen LogP contribution in [0.4, 0.5) is 0 Å². The number of hydrogen-bond donors (Lipinski definition) is 2. The predicted octanol–water partition coefficient (Wildman–Crippen LogP) is 3.82. The molecule has 8 aliphatic rings. The lowest BCUT2D eigenvalue weighted by Gasteiger charge is -2.63. The van der Waals surface area contributed by atoms with E-state index in [0.717, 1.165) is 64.2 Å². The van der Waals surface area contributed by atoms with Crippen molar-refractivity contribution in [2.24, 2.45) is 40.2 Å². The molecule has 5 heteroatoms. The third-order valence-electron chi connectivity index (χ3n) is 9.73. The van der Waals surface area contributed by atoms with Gasteiger partial charge in [0.05, 0.1) is 16.6 Å². The van der Waals surface area contributed by atoms with E-state index < -0.39 is 5.41 Å². The van der Waals surface area contributed by atoms with Gasteiger partial charge in [0, 0.05) is 11.1 Å². The first-order chi connectivity index (χ1) is 14.1. The van der Waals surface area contributed by atoms with Crippen LogP contribution < -0.4 is 11.1 Å². The fourth-order valence-corrected chi connectivity index (χ4v) is 9.89. The van der Waals surface area contributed by atoms with Crippen molar-refractivity contribution in [2.75, 3.05) is 0 Å². The van der Waals surface area contributed by atoms with Crippen LogP contribution in [0.2, 0.25) is 0 Å². The van der Waals surface area contributed by atoms with Gasteiger partial charge in [0.2, 0.25) is 5.91 Å². The summed E-state index contributed by atoms with van der Waals surface area (Å²) in [5.41, 5.74) is 5.69. The van der Waals surface area contributed by atoms with Crippen molar-refractivity contribution >= 4 is 11.9 Å². The van der Waals surface area contributed by atoms with E-state index in [0.29, 0.717) is 29.4 Å². The van der Waals surface area contributed by atoms with Gasteiger partial charge in [0.25, 0.3) is 0 Å². The SMILES string of the molecule is C=C(C)OC(=O)C12CC3CC(CC(NC(=O)C45CC6CC(CC(N)(C6)C4)C5)(C3)C1)C2. The molecule has 0 spiro atoms. The number of carbonyl (C=O) groups is 2. The van der Waals surface area contributed by atoms with Gasteiger partial charge in [-0.05, 0) is 108 Å². The highest BCUT2D eigenvalue weighted by molar-refractivity contribution is 5.85. The van der Waals surface area contributed by atoms with Gasteiger partial charge in [-0.15, -0.1) is 0 Å². The zero-order chi connectivity index (χ0) is 20.9. The summed E-state index contributed by atoms with van der Waals surface area (Å²) in [5, 5.41) is 3.61. The van der Waals surface area contributed by atoms with Crippen LogP contribution in [-0.2, 0) is 14.3 Å². The van der Waals surface area contributed by atoms with Crippen molar-refractivity contribution in [3.63, 3.8) is 0 Å². The lowest BCUT2D eigenvalue weighted by atomic mass is 9.45. The quantitative estimate of drug-likeness (QED) is 0.543. The Labute approximate surface area is 179 Å². The summed E-state index contributed by atoms with van der Waals surface area (Å²) in [6.07, 6.45) is 12.1. The largest absolute Gasteiger partial charge is 0.432 e. The Morgan fingerprint density at radius 1 is 0.867 bits per heavy atom. The average Bonchev–Trinajstić information content (AvgIpc) is 2.57. The Morgan fingerprint density at radius 3 is 1.93 bits per heavy atom. The minimum absolute atomic E-state index is 0.113. The Kier molecular flexibility index (Phi) is 3.81. The average molecular weight is 413 g/mol. The highest BCUT2D eigenvalue weighted by Crippen LogP contribution is 2.64. The molecule has 0 aromatic rings. The summed E-state index contributed by atoms with van der Waals surface area (Å²) in [5.74, 6) is 2.87. The summed E-state index contributed by atoms with van der Waals surface area (Å²) in [7, 11) is 0. The third kappa shape index (κ3) is 2.76. The highest BCUT2D eigenvalue weighted by atomic mass is 16.5. The molecule has 0 aromatic carbocycles. The smallest absolute Gasteiger partial charge is 0.317 e. The van der Waals surface area contributed by atoms with E-state index in [1.165, 1.54) is 12.8 Å². The summed E-state index contributed by atoms with van der Waals surface area (Å²) in [6.45, 7) is 5.52. The number of ether oxygens (including phenoxy) is 1. The second-order valence-electron chi connectivity index (χ2n) is 12.7. The molecule has 4 unspecified atom stereocenters. The van der Waals surface area contributed by atoms with Gasteiger partial charge in [-0.3, -0.25) is 9.59 Å². The van der Waals surface area contributed by atoms with E-state index in [2.05, 4.69) is 11.9 Å². The molecule has 8 aliphatic carbocycles. The van der Waals surface area contributed by atoms with E-state index in [4.69, 9.17) is 10.5 Å². The van der Waals surface area contributed by atoms with Crippen LogP contribution in [0.1, 0.15) is 84.0 Å². The number of carbonyl (C=O) groups excluding carboxylic acids is 2.